The number of benzene rings is 2. The molecule has 0 atom stereocenters. The summed E-state index contributed by atoms with van der Waals surface area (Å²) in [6, 6.07) is 9.73. The molecule has 0 spiro atoms. The Labute approximate surface area is 180 Å². The molecule has 2 heterocycles. The Morgan fingerprint density at radius 3 is 2.42 bits per heavy atom. The largest absolute Gasteiger partial charge is 0.493 e. The fourth-order valence-corrected chi connectivity index (χ4v) is 5.19. The van der Waals surface area contributed by atoms with E-state index in [2.05, 4.69) is 5.32 Å². The number of nitrogens with zero attached hydrogens (tertiary/aromatic N) is 1. The molecule has 0 aromatic heterocycles. The normalized spacial score (nSPS) is 16.7. The van der Waals surface area contributed by atoms with Crippen LogP contribution in [0, 0.1) is 5.92 Å². The predicted molar refractivity (Wildman–Crippen MR) is 112 cm³/mol. The van der Waals surface area contributed by atoms with E-state index in [1.165, 1.54) is 30.7 Å². The second-order valence-electron chi connectivity index (χ2n) is 7.25. The molecular formula is C21H24N2O7S. The van der Waals surface area contributed by atoms with Crippen molar-refractivity contribution in [2.45, 2.75) is 17.7 Å². The van der Waals surface area contributed by atoms with E-state index in [9.17, 15) is 13.2 Å². The zero-order valence-corrected chi connectivity index (χ0v) is 18.1. The number of hydrogen-bond acceptors (Lipinski definition) is 7. The topological polar surface area (TPSA) is 103 Å². The lowest BCUT2D eigenvalue weighted by Crippen LogP contribution is -2.41. The number of ether oxygens (including phenoxy) is 4. The molecular weight excluding hydrogens is 424 g/mol. The van der Waals surface area contributed by atoms with Gasteiger partial charge in [-0.15, -0.1) is 0 Å². The van der Waals surface area contributed by atoms with Gasteiger partial charge in [0.15, 0.2) is 23.0 Å². The first-order valence-corrected chi connectivity index (χ1v) is 11.3. The highest BCUT2D eigenvalue weighted by atomic mass is 32.2. The Morgan fingerprint density at radius 2 is 1.71 bits per heavy atom. The third-order valence-corrected chi connectivity index (χ3v) is 7.35. The number of rotatable bonds is 6. The molecule has 0 radical (unpaired) electrons. The van der Waals surface area contributed by atoms with E-state index in [4.69, 9.17) is 18.9 Å². The van der Waals surface area contributed by atoms with Crippen LogP contribution in [0.4, 0.5) is 5.69 Å². The van der Waals surface area contributed by atoms with Crippen molar-refractivity contribution in [1.29, 1.82) is 0 Å². The summed E-state index contributed by atoms with van der Waals surface area (Å²) in [5.74, 6) is 1.63. The summed E-state index contributed by atoms with van der Waals surface area (Å²) in [5.41, 5.74) is 0.620. The molecule has 2 aliphatic rings. The summed E-state index contributed by atoms with van der Waals surface area (Å²) >= 11 is 0. The fraction of sp³-hybridized carbons (Fsp3) is 0.381. The Morgan fingerprint density at radius 1 is 1.00 bits per heavy atom. The van der Waals surface area contributed by atoms with Crippen molar-refractivity contribution in [2.24, 2.45) is 5.92 Å². The molecule has 2 aliphatic heterocycles. The van der Waals surface area contributed by atoms with E-state index in [0.717, 1.165) is 0 Å². The molecule has 1 fully saturated rings. The second kappa shape index (κ2) is 8.64. The van der Waals surface area contributed by atoms with E-state index in [-0.39, 0.29) is 36.6 Å². The zero-order valence-electron chi connectivity index (χ0n) is 17.3. The Bertz CT molecular complexity index is 1080. The maximum absolute atomic E-state index is 13.0. The Hall–Kier alpha value is -2.98. The van der Waals surface area contributed by atoms with Gasteiger partial charge < -0.3 is 24.3 Å². The van der Waals surface area contributed by atoms with Crippen molar-refractivity contribution >= 4 is 21.6 Å². The van der Waals surface area contributed by atoms with Crippen LogP contribution in [-0.2, 0) is 14.8 Å². The number of nitrogens with one attached hydrogen (secondary N) is 1. The van der Waals surface area contributed by atoms with Crippen molar-refractivity contribution in [3.63, 3.8) is 0 Å². The molecule has 4 rings (SSSR count). The molecule has 1 N–H and O–H groups in total. The van der Waals surface area contributed by atoms with Crippen molar-refractivity contribution in [2.75, 3.05) is 39.4 Å². The van der Waals surface area contributed by atoms with E-state index in [1.807, 2.05) is 0 Å². The predicted octanol–water partition coefficient (Wildman–Crippen LogP) is 2.47. The third-order valence-electron chi connectivity index (χ3n) is 5.46. The molecule has 0 aliphatic carbocycles. The van der Waals surface area contributed by atoms with Crippen LogP contribution in [0.3, 0.4) is 0 Å². The van der Waals surface area contributed by atoms with Gasteiger partial charge in [0.2, 0.25) is 22.7 Å². The summed E-state index contributed by atoms with van der Waals surface area (Å²) in [6.45, 7) is 0.686. The van der Waals surface area contributed by atoms with Gasteiger partial charge in [0.05, 0.1) is 19.1 Å². The van der Waals surface area contributed by atoms with Crippen LogP contribution in [0.5, 0.6) is 23.0 Å². The molecule has 1 saturated heterocycles. The van der Waals surface area contributed by atoms with Crippen LogP contribution >= 0.6 is 0 Å². The van der Waals surface area contributed by atoms with E-state index in [1.54, 1.807) is 24.3 Å². The average Bonchev–Trinajstić information content (AvgIpc) is 3.26. The number of carbonyl (C=O) groups excluding carboxylic acids is 1. The van der Waals surface area contributed by atoms with Gasteiger partial charge in [-0.05, 0) is 37.1 Å². The molecule has 166 valence electrons. The van der Waals surface area contributed by atoms with Crippen molar-refractivity contribution in [3.05, 3.63) is 36.4 Å². The molecule has 0 saturated carbocycles. The van der Waals surface area contributed by atoms with Crippen molar-refractivity contribution in [1.82, 2.24) is 4.31 Å². The molecule has 1 amide bonds. The molecule has 2 aromatic carbocycles. The van der Waals surface area contributed by atoms with Crippen LogP contribution in [0.15, 0.2) is 41.3 Å². The molecule has 9 nitrogen and oxygen atoms in total. The Kier molecular flexibility index (Phi) is 5.92. The van der Waals surface area contributed by atoms with Crippen LogP contribution < -0.4 is 24.3 Å². The van der Waals surface area contributed by atoms with E-state index in [0.29, 0.717) is 41.5 Å². The highest BCUT2D eigenvalue weighted by molar-refractivity contribution is 7.89. The first-order valence-electron chi connectivity index (χ1n) is 9.85. The molecule has 31 heavy (non-hydrogen) atoms. The summed E-state index contributed by atoms with van der Waals surface area (Å²) in [6.07, 6.45) is 0.867. The van der Waals surface area contributed by atoms with Gasteiger partial charge in [-0.1, -0.05) is 0 Å². The van der Waals surface area contributed by atoms with Crippen LogP contribution in [0.25, 0.3) is 0 Å². The van der Waals surface area contributed by atoms with E-state index >= 15 is 0 Å². The van der Waals surface area contributed by atoms with Crippen LogP contribution in [-0.4, -0.2) is 52.7 Å². The number of amides is 1. The van der Waals surface area contributed by atoms with Gasteiger partial charge in [-0.25, -0.2) is 8.42 Å². The van der Waals surface area contributed by atoms with Gasteiger partial charge in [0.25, 0.3) is 0 Å². The summed E-state index contributed by atoms with van der Waals surface area (Å²) in [5, 5.41) is 2.88. The number of piperidine rings is 1. The van der Waals surface area contributed by atoms with Crippen molar-refractivity contribution < 1.29 is 32.2 Å². The standard InChI is InChI=1S/C21H24N2O7S/c1-27-17-6-4-16(12-19(17)28-2)31(25,26)23-9-7-14(8-10-23)21(24)22-15-3-5-18-20(11-15)30-13-29-18/h3-6,11-12,14H,7-10,13H2,1-2H3,(H,22,24). The first-order chi connectivity index (χ1) is 14.9. The number of sulfonamides is 1. The number of methoxy groups -OCH3 is 2. The lowest BCUT2D eigenvalue weighted by molar-refractivity contribution is -0.120. The second-order valence-corrected chi connectivity index (χ2v) is 9.19. The molecule has 0 bridgehead atoms. The highest BCUT2D eigenvalue weighted by Gasteiger charge is 2.32. The molecule has 2 aromatic rings. The third kappa shape index (κ3) is 4.26. The van der Waals surface area contributed by atoms with Gasteiger partial charge >= 0.3 is 0 Å². The number of carbonyl (C=O) groups is 1. The lowest BCUT2D eigenvalue weighted by Gasteiger charge is -2.30. The minimum Gasteiger partial charge on any atom is -0.493 e. The average molecular weight is 448 g/mol. The van der Waals surface area contributed by atoms with Crippen LogP contribution in [0.2, 0.25) is 0 Å². The lowest BCUT2D eigenvalue weighted by atomic mass is 9.97. The minimum absolute atomic E-state index is 0.133. The fourth-order valence-electron chi connectivity index (χ4n) is 3.70. The SMILES string of the molecule is COc1ccc(S(=O)(=O)N2CCC(C(=O)Nc3ccc4c(c3)OCO4)CC2)cc1OC. The summed E-state index contributed by atoms with van der Waals surface area (Å²) in [4.78, 5) is 12.8. The van der Waals surface area contributed by atoms with Gasteiger partial charge in [0, 0.05) is 36.8 Å². The van der Waals surface area contributed by atoms with Gasteiger partial charge in [0.1, 0.15) is 0 Å². The van der Waals surface area contributed by atoms with Crippen molar-refractivity contribution in [3.8, 4) is 23.0 Å². The number of hydrogen-bond donors (Lipinski definition) is 1. The quantitative estimate of drug-likeness (QED) is 0.724. The number of fused-ring (bicyclic) bond motifs is 1. The molecule has 0 unspecified atom stereocenters. The van der Waals surface area contributed by atoms with Crippen LogP contribution in [0.1, 0.15) is 12.8 Å². The summed E-state index contributed by atoms with van der Waals surface area (Å²) in [7, 11) is -0.750. The zero-order chi connectivity index (χ0) is 22.0. The first kappa shape index (κ1) is 21.3. The summed E-state index contributed by atoms with van der Waals surface area (Å²) < 4.78 is 48.5. The maximum atomic E-state index is 13.0. The molecule has 10 heteroatoms. The monoisotopic (exact) mass is 448 g/mol. The number of anilines is 1. The Balaban J connectivity index is 1.39. The minimum atomic E-state index is -3.70. The van der Waals surface area contributed by atoms with Gasteiger partial charge in [-0.2, -0.15) is 4.31 Å². The van der Waals surface area contributed by atoms with Gasteiger partial charge in [-0.3, -0.25) is 4.79 Å². The highest BCUT2D eigenvalue weighted by Crippen LogP contribution is 2.35. The van der Waals surface area contributed by atoms with E-state index < -0.39 is 10.0 Å². The smallest absolute Gasteiger partial charge is 0.243 e. The maximum Gasteiger partial charge on any atom is 0.243 e.